The summed E-state index contributed by atoms with van der Waals surface area (Å²) >= 11 is 0. The van der Waals surface area contributed by atoms with E-state index in [9.17, 15) is 0 Å². The van der Waals surface area contributed by atoms with Gasteiger partial charge < -0.3 is 15.5 Å². The molecule has 0 aliphatic carbocycles. The van der Waals surface area contributed by atoms with Crippen molar-refractivity contribution in [2.24, 2.45) is 7.05 Å². The van der Waals surface area contributed by atoms with Gasteiger partial charge in [-0.1, -0.05) is 0 Å². The molecule has 0 spiro atoms. The van der Waals surface area contributed by atoms with E-state index in [4.69, 9.17) is 5.73 Å². The standard InChI is InChI=1S/C11H13N7/c1-17-4-2-8(16-17)6-14-10-11-13-3-5-18(11)7-9(12)15-10/h2-5,7H,6,12H2,1H3,(H,14,15). The number of fused-ring (bicyclic) bond motifs is 1. The number of nitrogens with two attached hydrogens (primary N) is 1. The van der Waals surface area contributed by atoms with Gasteiger partial charge in [0.15, 0.2) is 11.5 Å². The Morgan fingerprint density at radius 3 is 3.06 bits per heavy atom. The van der Waals surface area contributed by atoms with Gasteiger partial charge in [0.05, 0.1) is 18.4 Å². The molecule has 0 bridgehead atoms. The fourth-order valence-electron chi connectivity index (χ4n) is 1.80. The van der Waals surface area contributed by atoms with Gasteiger partial charge in [-0.25, -0.2) is 9.97 Å². The summed E-state index contributed by atoms with van der Waals surface area (Å²) in [6.45, 7) is 0.583. The molecule has 18 heavy (non-hydrogen) atoms. The molecule has 0 fully saturated rings. The van der Waals surface area contributed by atoms with E-state index in [1.54, 1.807) is 17.1 Å². The number of rotatable bonds is 3. The Hall–Kier alpha value is -2.57. The van der Waals surface area contributed by atoms with Crippen molar-refractivity contribution in [1.82, 2.24) is 24.1 Å². The van der Waals surface area contributed by atoms with Crippen molar-refractivity contribution in [3.8, 4) is 0 Å². The third-order valence-electron chi connectivity index (χ3n) is 2.60. The summed E-state index contributed by atoms with van der Waals surface area (Å²) in [5, 5.41) is 7.48. The van der Waals surface area contributed by atoms with Crippen molar-refractivity contribution < 1.29 is 0 Å². The Morgan fingerprint density at radius 1 is 1.39 bits per heavy atom. The zero-order valence-electron chi connectivity index (χ0n) is 9.91. The maximum absolute atomic E-state index is 5.74. The van der Waals surface area contributed by atoms with Crippen molar-refractivity contribution in [2.75, 3.05) is 11.1 Å². The lowest BCUT2D eigenvalue weighted by Gasteiger charge is -2.06. The number of imidazole rings is 1. The van der Waals surface area contributed by atoms with Crippen LogP contribution in [0, 0.1) is 0 Å². The van der Waals surface area contributed by atoms with Crippen LogP contribution in [0.25, 0.3) is 5.65 Å². The second-order valence-corrected chi connectivity index (χ2v) is 4.01. The summed E-state index contributed by atoms with van der Waals surface area (Å²) in [4.78, 5) is 8.48. The zero-order valence-corrected chi connectivity index (χ0v) is 9.91. The highest BCUT2D eigenvalue weighted by atomic mass is 15.3. The molecule has 92 valence electrons. The van der Waals surface area contributed by atoms with Crippen LogP contribution in [-0.4, -0.2) is 24.1 Å². The van der Waals surface area contributed by atoms with Gasteiger partial charge in [0.2, 0.25) is 0 Å². The monoisotopic (exact) mass is 243 g/mol. The minimum absolute atomic E-state index is 0.448. The molecule has 0 unspecified atom stereocenters. The van der Waals surface area contributed by atoms with Crippen molar-refractivity contribution in [1.29, 1.82) is 0 Å². The fraction of sp³-hybridized carbons (Fsp3) is 0.182. The molecule has 3 aromatic rings. The fourth-order valence-corrected chi connectivity index (χ4v) is 1.80. The maximum Gasteiger partial charge on any atom is 0.180 e. The average Bonchev–Trinajstić information content (AvgIpc) is 2.94. The summed E-state index contributed by atoms with van der Waals surface area (Å²) in [6, 6.07) is 1.95. The van der Waals surface area contributed by atoms with Crippen LogP contribution in [-0.2, 0) is 13.6 Å². The van der Waals surface area contributed by atoms with Gasteiger partial charge in [0.25, 0.3) is 0 Å². The second-order valence-electron chi connectivity index (χ2n) is 4.01. The molecule has 3 aromatic heterocycles. The predicted octanol–water partition coefficient (Wildman–Crippen LogP) is 0.657. The van der Waals surface area contributed by atoms with E-state index in [1.807, 2.05) is 29.9 Å². The molecule has 3 N–H and O–H groups in total. The lowest BCUT2D eigenvalue weighted by atomic mass is 10.4. The molecule has 0 saturated carbocycles. The quantitative estimate of drug-likeness (QED) is 0.705. The Labute approximate surface area is 103 Å². The molecule has 0 amide bonds. The molecular formula is C11H13N7. The van der Waals surface area contributed by atoms with Crippen LogP contribution in [0.1, 0.15) is 5.69 Å². The van der Waals surface area contributed by atoms with Crippen molar-refractivity contribution in [3.05, 3.63) is 36.5 Å². The van der Waals surface area contributed by atoms with Gasteiger partial charge in [0.1, 0.15) is 5.82 Å². The number of anilines is 2. The molecule has 0 saturated heterocycles. The smallest absolute Gasteiger partial charge is 0.180 e. The van der Waals surface area contributed by atoms with Crippen LogP contribution < -0.4 is 11.1 Å². The maximum atomic E-state index is 5.74. The molecule has 0 aromatic carbocycles. The highest BCUT2D eigenvalue weighted by molar-refractivity contribution is 5.64. The summed E-state index contributed by atoms with van der Waals surface area (Å²) in [6.07, 6.45) is 7.17. The third-order valence-corrected chi connectivity index (χ3v) is 2.60. The van der Waals surface area contributed by atoms with Crippen LogP contribution in [0.3, 0.4) is 0 Å². The zero-order chi connectivity index (χ0) is 12.5. The molecule has 7 nitrogen and oxygen atoms in total. The van der Waals surface area contributed by atoms with Crippen LogP contribution in [0.4, 0.5) is 11.6 Å². The minimum Gasteiger partial charge on any atom is -0.382 e. The van der Waals surface area contributed by atoms with Crippen molar-refractivity contribution >= 4 is 17.3 Å². The highest BCUT2D eigenvalue weighted by Crippen LogP contribution is 2.15. The van der Waals surface area contributed by atoms with Gasteiger partial charge >= 0.3 is 0 Å². The van der Waals surface area contributed by atoms with E-state index in [-0.39, 0.29) is 0 Å². The molecule has 3 rings (SSSR count). The molecule has 7 heteroatoms. The lowest BCUT2D eigenvalue weighted by Crippen LogP contribution is -2.06. The Bertz CT molecular complexity index is 682. The first-order valence-electron chi connectivity index (χ1n) is 5.54. The Morgan fingerprint density at radius 2 is 2.28 bits per heavy atom. The highest BCUT2D eigenvalue weighted by Gasteiger charge is 2.06. The van der Waals surface area contributed by atoms with Crippen LogP contribution in [0.2, 0.25) is 0 Å². The Balaban J connectivity index is 1.87. The summed E-state index contributed by atoms with van der Waals surface area (Å²) in [7, 11) is 1.88. The first-order chi connectivity index (χ1) is 8.72. The number of hydrogen-bond acceptors (Lipinski definition) is 5. The molecule has 0 aliphatic heterocycles. The number of nitrogens with one attached hydrogen (secondary N) is 1. The number of nitrogen functional groups attached to an aromatic ring is 1. The van der Waals surface area contributed by atoms with Crippen LogP contribution in [0.15, 0.2) is 30.9 Å². The summed E-state index contributed by atoms with van der Waals surface area (Å²) in [5.74, 6) is 1.11. The molecule has 0 atom stereocenters. The first-order valence-corrected chi connectivity index (χ1v) is 5.54. The van der Waals surface area contributed by atoms with Crippen molar-refractivity contribution in [3.63, 3.8) is 0 Å². The van der Waals surface area contributed by atoms with Gasteiger partial charge in [0, 0.05) is 25.6 Å². The van der Waals surface area contributed by atoms with Crippen LogP contribution >= 0.6 is 0 Å². The van der Waals surface area contributed by atoms with E-state index < -0.39 is 0 Å². The van der Waals surface area contributed by atoms with E-state index in [0.29, 0.717) is 18.2 Å². The van der Waals surface area contributed by atoms with Gasteiger partial charge in [-0.2, -0.15) is 5.10 Å². The molecule has 0 radical (unpaired) electrons. The summed E-state index contributed by atoms with van der Waals surface area (Å²) in [5.41, 5.74) is 7.42. The predicted molar refractivity (Wildman–Crippen MR) is 67.9 cm³/mol. The summed E-state index contributed by atoms with van der Waals surface area (Å²) < 4.78 is 3.60. The number of aromatic nitrogens is 5. The second kappa shape index (κ2) is 4.02. The number of nitrogens with zero attached hydrogens (tertiary/aromatic N) is 5. The lowest BCUT2D eigenvalue weighted by molar-refractivity contribution is 0.747. The number of hydrogen-bond donors (Lipinski definition) is 2. The largest absolute Gasteiger partial charge is 0.382 e. The normalized spacial score (nSPS) is 10.9. The molecule has 0 aliphatic rings. The van der Waals surface area contributed by atoms with E-state index in [2.05, 4.69) is 20.4 Å². The van der Waals surface area contributed by atoms with E-state index in [0.717, 1.165) is 11.3 Å². The van der Waals surface area contributed by atoms with Crippen LogP contribution in [0.5, 0.6) is 0 Å². The van der Waals surface area contributed by atoms with E-state index in [1.165, 1.54) is 0 Å². The third kappa shape index (κ3) is 1.86. The molecule has 3 heterocycles. The SMILES string of the molecule is Cn1ccc(CNc2nc(N)cn3ccnc23)n1. The number of aryl methyl sites for hydroxylation is 1. The van der Waals surface area contributed by atoms with Gasteiger partial charge in [-0.05, 0) is 6.07 Å². The Kier molecular flexibility index (Phi) is 2.36. The van der Waals surface area contributed by atoms with Gasteiger partial charge in [-0.15, -0.1) is 0 Å². The van der Waals surface area contributed by atoms with Gasteiger partial charge in [-0.3, -0.25) is 4.68 Å². The average molecular weight is 243 g/mol. The molecular weight excluding hydrogens is 230 g/mol. The topological polar surface area (TPSA) is 86.1 Å². The minimum atomic E-state index is 0.448. The van der Waals surface area contributed by atoms with Crippen molar-refractivity contribution in [2.45, 2.75) is 6.54 Å². The first kappa shape index (κ1) is 10.6. The van der Waals surface area contributed by atoms with E-state index >= 15 is 0 Å².